The Balaban J connectivity index is 3.75. The Morgan fingerprint density at radius 3 is 2.19 bits per heavy atom. The highest BCUT2D eigenvalue weighted by atomic mass is 19.2. The van der Waals surface area contributed by atoms with Gasteiger partial charge in [0.25, 0.3) is 5.69 Å². The molecule has 0 N–H and O–H groups in total. The molecule has 0 bridgehead atoms. The van der Waals surface area contributed by atoms with E-state index in [1.807, 2.05) is 0 Å². The van der Waals surface area contributed by atoms with Crippen molar-refractivity contribution in [1.82, 2.24) is 0 Å². The molecule has 0 heterocycles. The Labute approximate surface area is 88.8 Å². The van der Waals surface area contributed by atoms with Gasteiger partial charge in [0, 0.05) is 5.56 Å². The number of hydrogen-bond acceptors (Lipinski definition) is 2. The molecule has 0 atom stereocenters. The SMILES string of the molecule is [C-]#[N+]c1c(F)c(F)c(CC#N)c(C#N)c1F. The lowest BCUT2D eigenvalue weighted by atomic mass is 10.0. The summed E-state index contributed by atoms with van der Waals surface area (Å²) < 4.78 is 39.7. The molecule has 1 aromatic carbocycles. The van der Waals surface area contributed by atoms with Gasteiger partial charge in [-0.05, 0) is 0 Å². The van der Waals surface area contributed by atoms with Crippen LogP contribution in [0, 0.1) is 46.7 Å². The second-order valence-corrected chi connectivity index (χ2v) is 2.70. The topological polar surface area (TPSA) is 51.9 Å². The maximum atomic E-state index is 13.3. The van der Waals surface area contributed by atoms with Crippen molar-refractivity contribution in [3.63, 3.8) is 0 Å². The van der Waals surface area contributed by atoms with E-state index in [-0.39, 0.29) is 0 Å². The third-order valence-electron chi connectivity index (χ3n) is 1.87. The molecule has 0 aliphatic heterocycles. The van der Waals surface area contributed by atoms with E-state index in [0.29, 0.717) is 0 Å². The van der Waals surface area contributed by atoms with E-state index in [1.165, 1.54) is 12.1 Å². The van der Waals surface area contributed by atoms with Crippen LogP contribution in [-0.4, -0.2) is 0 Å². The first kappa shape index (κ1) is 11.6. The molecule has 0 saturated heterocycles. The van der Waals surface area contributed by atoms with Gasteiger partial charge in [-0.3, -0.25) is 0 Å². The maximum absolute atomic E-state index is 13.3. The first-order chi connectivity index (χ1) is 7.58. The van der Waals surface area contributed by atoms with Crippen LogP contribution in [0.3, 0.4) is 0 Å². The average molecular weight is 221 g/mol. The lowest BCUT2D eigenvalue weighted by Gasteiger charge is -2.06. The van der Waals surface area contributed by atoms with Crippen LogP contribution in [0.5, 0.6) is 0 Å². The quantitative estimate of drug-likeness (QED) is 0.540. The van der Waals surface area contributed by atoms with Gasteiger partial charge in [-0.2, -0.15) is 10.5 Å². The molecule has 0 spiro atoms. The summed E-state index contributed by atoms with van der Waals surface area (Å²) >= 11 is 0. The summed E-state index contributed by atoms with van der Waals surface area (Å²) in [5, 5.41) is 16.9. The third kappa shape index (κ3) is 1.55. The highest BCUT2D eigenvalue weighted by Crippen LogP contribution is 2.30. The fourth-order valence-corrected chi connectivity index (χ4v) is 1.15. The minimum absolute atomic E-state index is 0.638. The molecule has 16 heavy (non-hydrogen) atoms. The smallest absolute Gasteiger partial charge is 0.232 e. The highest BCUT2D eigenvalue weighted by Gasteiger charge is 2.24. The number of nitrogens with zero attached hydrogens (tertiary/aromatic N) is 3. The number of nitriles is 2. The Morgan fingerprint density at radius 1 is 1.12 bits per heavy atom. The molecule has 1 rings (SSSR count). The van der Waals surface area contributed by atoms with Crippen LogP contribution in [0.15, 0.2) is 0 Å². The van der Waals surface area contributed by atoms with Crippen molar-refractivity contribution in [1.29, 1.82) is 10.5 Å². The second kappa shape index (κ2) is 4.33. The zero-order chi connectivity index (χ0) is 12.3. The molecule has 0 unspecified atom stereocenters. The van der Waals surface area contributed by atoms with E-state index >= 15 is 0 Å². The minimum atomic E-state index is -1.67. The van der Waals surface area contributed by atoms with Gasteiger partial charge in [-0.1, -0.05) is 0 Å². The van der Waals surface area contributed by atoms with Gasteiger partial charge >= 0.3 is 0 Å². The van der Waals surface area contributed by atoms with Gasteiger partial charge < -0.3 is 0 Å². The van der Waals surface area contributed by atoms with Crippen LogP contribution in [0.2, 0.25) is 0 Å². The van der Waals surface area contributed by atoms with E-state index < -0.39 is 40.7 Å². The minimum Gasteiger partial charge on any atom is -0.232 e. The van der Waals surface area contributed by atoms with Crippen LogP contribution in [0.1, 0.15) is 11.1 Å². The summed E-state index contributed by atoms with van der Waals surface area (Å²) in [7, 11) is 0. The van der Waals surface area contributed by atoms with Crippen LogP contribution in [-0.2, 0) is 6.42 Å². The van der Waals surface area contributed by atoms with Gasteiger partial charge in [0.05, 0.1) is 24.6 Å². The normalized spacial score (nSPS) is 9.00. The van der Waals surface area contributed by atoms with Crippen molar-refractivity contribution in [3.8, 4) is 12.1 Å². The van der Waals surface area contributed by atoms with Gasteiger partial charge in [-0.15, -0.1) is 0 Å². The number of benzene rings is 1. The summed E-state index contributed by atoms with van der Waals surface area (Å²) in [5.74, 6) is -4.62. The standard InChI is InChI=1S/C10H2F3N3/c1-16-10-8(12)6(4-15)5(2-3-14)7(11)9(10)13/h2H2. The Kier molecular flexibility index (Phi) is 3.13. The van der Waals surface area contributed by atoms with Gasteiger partial charge in [0.1, 0.15) is 6.07 Å². The summed E-state index contributed by atoms with van der Waals surface area (Å²) in [5.41, 5.74) is -2.63. The highest BCUT2D eigenvalue weighted by molar-refractivity contribution is 5.57. The monoisotopic (exact) mass is 221 g/mol. The molecule has 0 saturated carbocycles. The van der Waals surface area contributed by atoms with E-state index in [9.17, 15) is 13.2 Å². The second-order valence-electron chi connectivity index (χ2n) is 2.70. The molecular formula is C10H2F3N3. The zero-order valence-electron chi connectivity index (χ0n) is 7.68. The molecule has 6 heteroatoms. The molecule has 1 aromatic rings. The summed E-state index contributed by atoms with van der Waals surface area (Å²) in [6, 6.07) is 2.80. The van der Waals surface area contributed by atoms with E-state index in [2.05, 4.69) is 4.85 Å². The Morgan fingerprint density at radius 2 is 1.75 bits per heavy atom. The molecule has 0 aromatic heterocycles. The molecule has 78 valence electrons. The molecule has 0 aliphatic carbocycles. The molecule has 0 amide bonds. The van der Waals surface area contributed by atoms with Crippen LogP contribution < -0.4 is 0 Å². The first-order valence-electron chi connectivity index (χ1n) is 3.92. The van der Waals surface area contributed by atoms with Crippen molar-refractivity contribution < 1.29 is 13.2 Å². The lowest BCUT2D eigenvalue weighted by molar-refractivity contribution is 0.492. The van der Waals surface area contributed by atoms with E-state index in [1.54, 1.807) is 0 Å². The van der Waals surface area contributed by atoms with Crippen LogP contribution >= 0.6 is 0 Å². The molecule has 0 fully saturated rings. The summed E-state index contributed by atoms with van der Waals surface area (Å²) in [6.07, 6.45) is -0.638. The summed E-state index contributed by atoms with van der Waals surface area (Å²) in [4.78, 5) is 2.47. The molecular weight excluding hydrogens is 219 g/mol. The largest absolute Gasteiger partial charge is 0.261 e. The Hall–Kier alpha value is -2.52. The maximum Gasteiger partial charge on any atom is 0.261 e. The first-order valence-corrected chi connectivity index (χ1v) is 3.92. The number of hydrogen-bond donors (Lipinski definition) is 0. The zero-order valence-corrected chi connectivity index (χ0v) is 7.68. The number of rotatable bonds is 1. The third-order valence-corrected chi connectivity index (χ3v) is 1.87. The average Bonchev–Trinajstić information content (AvgIpc) is 2.27. The fourth-order valence-electron chi connectivity index (χ4n) is 1.15. The van der Waals surface area contributed by atoms with Crippen LogP contribution in [0.25, 0.3) is 4.85 Å². The van der Waals surface area contributed by atoms with E-state index in [0.717, 1.165) is 0 Å². The predicted molar refractivity (Wildman–Crippen MR) is 46.6 cm³/mol. The molecule has 3 nitrogen and oxygen atoms in total. The van der Waals surface area contributed by atoms with Crippen molar-refractivity contribution >= 4 is 5.69 Å². The van der Waals surface area contributed by atoms with E-state index in [4.69, 9.17) is 17.1 Å². The van der Waals surface area contributed by atoms with Gasteiger partial charge in [-0.25, -0.2) is 18.0 Å². The predicted octanol–water partition coefficient (Wildman–Crippen LogP) is 2.59. The summed E-state index contributed by atoms with van der Waals surface area (Å²) in [6.45, 7) is 6.47. The van der Waals surface area contributed by atoms with Gasteiger partial charge in [0.2, 0.25) is 0 Å². The van der Waals surface area contributed by atoms with Crippen molar-refractivity contribution in [3.05, 3.63) is 40.0 Å². The lowest BCUT2D eigenvalue weighted by Crippen LogP contribution is -2.02. The fraction of sp³-hybridized carbons (Fsp3) is 0.100. The molecule has 0 radical (unpaired) electrons. The number of halogens is 3. The van der Waals surface area contributed by atoms with Crippen LogP contribution in [0.4, 0.5) is 18.9 Å². The van der Waals surface area contributed by atoms with Crippen molar-refractivity contribution in [2.24, 2.45) is 0 Å². The molecule has 0 aliphatic rings. The van der Waals surface area contributed by atoms with Crippen molar-refractivity contribution in [2.45, 2.75) is 6.42 Å². The Bertz CT molecular complexity index is 573. The van der Waals surface area contributed by atoms with Gasteiger partial charge in [0.15, 0.2) is 17.5 Å². The van der Waals surface area contributed by atoms with Crippen molar-refractivity contribution in [2.75, 3.05) is 0 Å².